The molecule has 1 aliphatic rings. The fourth-order valence-corrected chi connectivity index (χ4v) is 3.35. The number of halogens is 1. The van der Waals surface area contributed by atoms with Crippen LogP contribution in [-0.4, -0.2) is 24.5 Å². The number of benzene rings is 2. The Hall–Kier alpha value is -1.86. The molecule has 3 rings (SSSR count). The average molecular weight is 328 g/mol. The molecule has 4 heteroatoms. The summed E-state index contributed by atoms with van der Waals surface area (Å²) in [7, 11) is 0. The smallest absolute Gasteiger partial charge is 0.0991 e. The maximum absolute atomic E-state index is 8.87. The number of nitrogens with zero attached hydrogens (tertiary/aromatic N) is 2. The van der Waals surface area contributed by atoms with Gasteiger partial charge in [0.05, 0.1) is 11.6 Å². The molecule has 2 N–H and O–H groups in total. The van der Waals surface area contributed by atoms with Crippen molar-refractivity contribution in [1.29, 1.82) is 5.26 Å². The summed E-state index contributed by atoms with van der Waals surface area (Å²) < 4.78 is 0. The molecule has 3 nitrogen and oxygen atoms in total. The summed E-state index contributed by atoms with van der Waals surface area (Å²) in [5.41, 5.74) is 9.35. The van der Waals surface area contributed by atoms with E-state index < -0.39 is 0 Å². The zero-order valence-corrected chi connectivity index (χ0v) is 13.9. The van der Waals surface area contributed by atoms with E-state index in [1.165, 1.54) is 11.1 Å². The second-order valence-corrected chi connectivity index (χ2v) is 6.02. The average Bonchev–Trinajstić information content (AvgIpc) is 2.99. The van der Waals surface area contributed by atoms with E-state index in [2.05, 4.69) is 41.3 Å². The third-order valence-corrected chi connectivity index (χ3v) is 4.54. The second kappa shape index (κ2) is 8.12. The van der Waals surface area contributed by atoms with Crippen LogP contribution in [0.1, 0.15) is 22.6 Å². The van der Waals surface area contributed by atoms with Gasteiger partial charge in [-0.1, -0.05) is 42.5 Å². The number of rotatable bonds is 4. The molecule has 0 bridgehead atoms. The number of nitriles is 1. The number of hydrogen-bond donors (Lipinski definition) is 1. The number of hydrogen-bond acceptors (Lipinski definition) is 3. The second-order valence-electron chi connectivity index (χ2n) is 6.02. The van der Waals surface area contributed by atoms with Crippen LogP contribution in [0.25, 0.3) is 0 Å². The van der Waals surface area contributed by atoms with E-state index in [9.17, 15) is 0 Å². The van der Waals surface area contributed by atoms with E-state index >= 15 is 0 Å². The van der Waals surface area contributed by atoms with Crippen LogP contribution < -0.4 is 5.73 Å². The van der Waals surface area contributed by atoms with Crippen LogP contribution in [0, 0.1) is 17.2 Å². The van der Waals surface area contributed by atoms with Gasteiger partial charge in [-0.15, -0.1) is 12.4 Å². The molecule has 0 spiro atoms. The summed E-state index contributed by atoms with van der Waals surface area (Å²) in [6.07, 6.45) is 0. The summed E-state index contributed by atoms with van der Waals surface area (Å²) in [4.78, 5) is 2.47. The van der Waals surface area contributed by atoms with E-state index in [-0.39, 0.29) is 12.4 Å². The highest BCUT2D eigenvalue weighted by molar-refractivity contribution is 5.85. The minimum absolute atomic E-state index is 0. The largest absolute Gasteiger partial charge is 0.330 e. The molecule has 2 aromatic carbocycles. The van der Waals surface area contributed by atoms with Gasteiger partial charge in [0.2, 0.25) is 0 Å². The van der Waals surface area contributed by atoms with Crippen molar-refractivity contribution in [3.8, 4) is 6.07 Å². The van der Waals surface area contributed by atoms with E-state index in [1.54, 1.807) is 0 Å². The van der Waals surface area contributed by atoms with Gasteiger partial charge in [-0.05, 0) is 35.7 Å². The van der Waals surface area contributed by atoms with Gasteiger partial charge in [0.25, 0.3) is 0 Å². The fraction of sp³-hybridized carbons (Fsp3) is 0.316. The monoisotopic (exact) mass is 327 g/mol. The Kier molecular flexibility index (Phi) is 6.18. The highest BCUT2D eigenvalue weighted by atomic mass is 35.5. The highest BCUT2D eigenvalue weighted by Crippen LogP contribution is 2.32. The molecular weight excluding hydrogens is 306 g/mol. The molecule has 2 atom stereocenters. The normalized spacial score (nSPS) is 20.7. The summed E-state index contributed by atoms with van der Waals surface area (Å²) >= 11 is 0. The lowest BCUT2D eigenvalue weighted by molar-refractivity contribution is 0.317. The van der Waals surface area contributed by atoms with Gasteiger partial charge in [-0.2, -0.15) is 5.26 Å². The molecule has 1 fully saturated rings. The SMILES string of the molecule is Cl.N#Cc1ccc(CN2C[C@@H](CN)[C@H](c3ccccc3)C2)cc1. The molecule has 23 heavy (non-hydrogen) atoms. The van der Waals surface area contributed by atoms with Gasteiger partial charge >= 0.3 is 0 Å². The molecule has 0 amide bonds. The van der Waals surface area contributed by atoms with Gasteiger partial charge in [-0.25, -0.2) is 0 Å². The topological polar surface area (TPSA) is 53.0 Å². The van der Waals surface area contributed by atoms with Crippen LogP contribution in [0.4, 0.5) is 0 Å². The Morgan fingerprint density at radius 3 is 2.35 bits per heavy atom. The first-order valence-electron chi connectivity index (χ1n) is 7.76. The lowest BCUT2D eigenvalue weighted by Crippen LogP contribution is -2.23. The Bertz CT molecular complexity index is 649. The fourth-order valence-electron chi connectivity index (χ4n) is 3.35. The molecule has 2 aromatic rings. The van der Waals surface area contributed by atoms with Crippen molar-refractivity contribution in [2.24, 2.45) is 11.7 Å². The van der Waals surface area contributed by atoms with E-state index in [0.717, 1.165) is 26.2 Å². The minimum atomic E-state index is 0. The molecule has 0 radical (unpaired) electrons. The minimum Gasteiger partial charge on any atom is -0.330 e. The summed E-state index contributed by atoms with van der Waals surface area (Å²) in [5, 5.41) is 8.87. The Balaban J connectivity index is 0.00000192. The Morgan fingerprint density at radius 2 is 1.74 bits per heavy atom. The zero-order chi connectivity index (χ0) is 15.4. The van der Waals surface area contributed by atoms with Crippen molar-refractivity contribution in [1.82, 2.24) is 4.90 Å². The van der Waals surface area contributed by atoms with Crippen LogP contribution in [0.2, 0.25) is 0 Å². The van der Waals surface area contributed by atoms with Crippen LogP contribution in [0.15, 0.2) is 54.6 Å². The zero-order valence-electron chi connectivity index (χ0n) is 13.1. The Labute approximate surface area is 144 Å². The van der Waals surface area contributed by atoms with Gasteiger partial charge < -0.3 is 5.73 Å². The maximum Gasteiger partial charge on any atom is 0.0991 e. The predicted octanol–water partition coefficient (Wildman–Crippen LogP) is 3.15. The first-order chi connectivity index (χ1) is 10.8. The van der Waals surface area contributed by atoms with Crippen molar-refractivity contribution >= 4 is 12.4 Å². The standard InChI is InChI=1S/C19H21N3.ClH/c20-10-15-6-8-16(9-7-15)12-22-13-18(11-21)19(14-22)17-4-2-1-3-5-17;/h1-9,18-19H,11-14,21H2;1H/t18-,19+;/m1./s1. The lowest BCUT2D eigenvalue weighted by atomic mass is 9.89. The van der Waals surface area contributed by atoms with Crippen LogP contribution in [0.3, 0.4) is 0 Å². The first-order valence-corrected chi connectivity index (χ1v) is 7.76. The molecule has 0 saturated carbocycles. The summed E-state index contributed by atoms with van der Waals surface area (Å²) in [6, 6.07) is 20.7. The van der Waals surface area contributed by atoms with Gasteiger partial charge in [0, 0.05) is 25.6 Å². The molecule has 0 aromatic heterocycles. The van der Waals surface area contributed by atoms with E-state index in [4.69, 9.17) is 11.0 Å². The molecule has 1 heterocycles. The predicted molar refractivity (Wildman–Crippen MR) is 95.4 cm³/mol. The third kappa shape index (κ3) is 4.11. The third-order valence-electron chi connectivity index (χ3n) is 4.54. The van der Waals surface area contributed by atoms with Crippen molar-refractivity contribution in [3.05, 3.63) is 71.3 Å². The molecular formula is C19H22ClN3. The van der Waals surface area contributed by atoms with Crippen LogP contribution in [0.5, 0.6) is 0 Å². The highest BCUT2D eigenvalue weighted by Gasteiger charge is 2.32. The van der Waals surface area contributed by atoms with Crippen molar-refractivity contribution in [3.63, 3.8) is 0 Å². The molecule has 120 valence electrons. The molecule has 1 aliphatic heterocycles. The van der Waals surface area contributed by atoms with E-state index in [0.29, 0.717) is 17.4 Å². The van der Waals surface area contributed by atoms with Crippen molar-refractivity contribution in [2.45, 2.75) is 12.5 Å². The van der Waals surface area contributed by atoms with Crippen LogP contribution >= 0.6 is 12.4 Å². The van der Waals surface area contributed by atoms with Gasteiger partial charge in [-0.3, -0.25) is 4.90 Å². The first kappa shape index (κ1) is 17.5. The van der Waals surface area contributed by atoms with Gasteiger partial charge in [0.15, 0.2) is 0 Å². The van der Waals surface area contributed by atoms with E-state index in [1.807, 2.05) is 24.3 Å². The Morgan fingerprint density at radius 1 is 1.04 bits per heavy atom. The van der Waals surface area contributed by atoms with Crippen LogP contribution in [-0.2, 0) is 6.54 Å². The lowest BCUT2D eigenvalue weighted by Gasteiger charge is -2.17. The molecule has 0 unspecified atom stereocenters. The van der Waals surface area contributed by atoms with Crippen molar-refractivity contribution in [2.75, 3.05) is 19.6 Å². The summed E-state index contributed by atoms with van der Waals surface area (Å²) in [5.74, 6) is 1.03. The quantitative estimate of drug-likeness (QED) is 0.938. The molecule has 0 aliphatic carbocycles. The number of likely N-dealkylation sites (tertiary alicyclic amines) is 1. The summed E-state index contributed by atoms with van der Waals surface area (Å²) in [6.45, 7) is 3.73. The maximum atomic E-state index is 8.87. The van der Waals surface area contributed by atoms with Gasteiger partial charge in [0.1, 0.15) is 0 Å². The number of nitrogens with two attached hydrogens (primary N) is 1. The van der Waals surface area contributed by atoms with Crippen molar-refractivity contribution < 1.29 is 0 Å². The molecule has 1 saturated heterocycles.